The number of imidazole rings is 1. The van der Waals surface area contributed by atoms with Crippen LogP contribution in [0, 0.1) is 0 Å². The van der Waals surface area contributed by atoms with Gasteiger partial charge >= 0.3 is 0 Å². The number of aromatic amines is 1. The van der Waals surface area contributed by atoms with Gasteiger partial charge in [0.2, 0.25) is 0 Å². The lowest BCUT2D eigenvalue weighted by atomic mass is 9.95. The topological polar surface area (TPSA) is 110 Å². The van der Waals surface area contributed by atoms with Gasteiger partial charge in [-0.25, -0.2) is 4.98 Å². The van der Waals surface area contributed by atoms with E-state index in [-0.39, 0.29) is 36.9 Å². The van der Waals surface area contributed by atoms with Gasteiger partial charge in [-0.05, 0) is 24.5 Å². The molecule has 0 spiro atoms. The molecule has 2 aromatic heterocycles. The monoisotopic (exact) mass is 443 g/mol. The lowest BCUT2D eigenvalue weighted by Gasteiger charge is -2.15. The molecular weight excluding hydrogens is 422 g/mol. The third-order valence-corrected chi connectivity index (χ3v) is 6.86. The van der Waals surface area contributed by atoms with Crippen LogP contribution in [0.4, 0.5) is 0 Å². The highest BCUT2D eigenvalue weighted by Gasteiger charge is 2.48. The molecule has 162 valence electrons. The highest BCUT2D eigenvalue weighted by molar-refractivity contribution is 6.33. The van der Waals surface area contributed by atoms with Crippen LogP contribution in [0.5, 0.6) is 6.01 Å². The van der Waals surface area contributed by atoms with Gasteiger partial charge in [0.05, 0.1) is 36.1 Å². The summed E-state index contributed by atoms with van der Waals surface area (Å²) in [6.07, 6.45) is 0.366. The Morgan fingerprint density at radius 1 is 1.13 bits per heavy atom. The number of H-pyrrole nitrogens is 1. The van der Waals surface area contributed by atoms with Crippen LogP contribution in [0.3, 0.4) is 0 Å². The fraction of sp³-hybridized carbons (Fsp3) is 0.455. The summed E-state index contributed by atoms with van der Waals surface area (Å²) in [7, 11) is 0. The Balaban J connectivity index is 1.26. The average Bonchev–Trinajstić information content (AvgIpc) is 3.12. The van der Waals surface area contributed by atoms with Gasteiger partial charge < -0.3 is 29.4 Å². The summed E-state index contributed by atoms with van der Waals surface area (Å²) in [5.74, 6) is 0. The van der Waals surface area contributed by atoms with Gasteiger partial charge in [-0.1, -0.05) is 35.9 Å². The van der Waals surface area contributed by atoms with Gasteiger partial charge in [-0.15, -0.1) is 0 Å². The number of pyridine rings is 1. The first kappa shape index (κ1) is 19.5. The van der Waals surface area contributed by atoms with E-state index < -0.39 is 6.10 Å². The molecular formula is C22H22ClN3O5. The molecule has 2 saturated heterocycles. The predicted octanol–water partition coefficient (Wildman–Crippen LogP) is 2.21. The zero-order valence-corrected chi connectivity index (χ0v) is 17.4. The van der Waals surface area contributed by atoms with Crippen molar-refractivity contribution in [2.75, 3.05) is 19.8 Å². The molecule has 4 atom stereocenters. The van der Waals surface area contributed by atoms with Crippen LogP contribution < -0.4 is 4.74 Å². The second-order valence-electron chi connectivity index (χ2n) is 8.57. The number of aliphatic hydroxyl groups is 2. The number of ether oxygens (including phenoxy) is 3. The van der Waals surface area contributed by atoms with Crippen molar-refractivity contribution < 1.29 is 24.4 Å². The maximum atomic E-state index is 9.88. The molecule has 1 aliphatic carbocycles. The fourth-order valence-corrected chi connectivity index (χ4v) is 4.77. The van der Waals surface area contributed by atoms with Crippen LogP contribution >= 0.6 is 11.6 Å². The van der Waals surface area contributed by atoms with Crippen LogP contribution in [0.1, 0.15) is 18.4 Å². The highest BCUT2D eigenvalue weighted by atomic mass is 35.5. The number of hydrogen-bond acceptors (Lipinski definition) is 7. The number of rotatable bonds is 5. The van der Waals surface area contributed by atoms with Gasteiger partial charge in [0.25, 0.3) is 6.01 Å². The van der Waals surface area contributed by atoms with Crippen molar-refractivity contribution in [1.29, 1.82) is 0 Å². The first-order chi connectivity index (χ1) is 15.1. The van der Waals surface area contributed by atoms with Gasteiger partial charge in [0.1, 0.15) is 18.3 Å². The Morgan fingerprint density at radius 2 is 1.90 bits per heavy atom. The molecule has 2 aliphatic heterocycles. The van der Waals surface area contributed by atoms with Crippen molar-refractivity contribution in [1.82, 2.24) is 15.0 Å². The van der Waals surface area contributed by atoms with Crippen molar-refractivity contribution >= 4 is 22.8 Å². The number of aromatic nitrogens is 3. The largest absolute Gasteiger partial charge is 0.456 e. The SMILES string of the molecule is OCC1(c2ccc(-c3nc4nc(O[C@@H]5CO[C@H]6[C@@H]5OC[C@H]6O)[nH]c4cc3Cl)cc2)CC1. The first-order valence-electron chi connectivity index (χ1n) is 10.4. The molecule has 4 heterocycles. The number of halogens is 1. The maximum absolute atomic E-state index is 9.88. The summed E-state index contributed by atoms with van der Waals surface area (Å²) in [5, 5.41) is 20.0. The van der Waals surface area contributed by atoms with Crippen LogP contribution in [0.2, 0.25) is 5.02 Å². The zero-order valence-electron chi connectivity index (χ0n) is 16.6. The number of benzene rings is 1. The van der Waals surface area contributed by atoms with E-state index in [4.69, 9.17) is 25.8 Å². The first-order valence-corrected chi connectivity index (χ1v) is 10.8. The van der Waals surface area contributed by atoms with E-state index in [2.05, 4.69) is 15.0 Å². The van der Waals surface area contributed by atoms with E-state index in [1.807, 2.05) is 24.3 Å². The molecule has 0 bridgehead atoms. The van der Waals surface area contributed by atoms with Crippen molar-refractivity contribution in [2.24, 2.45) is 0 Å². The summed E-state index contributed by atoms with van der Waals surface area (Å²) >= 11 is 6.52. The quantitative estimate of drug-likeness (QED) is 0.554. The minimum absolute atomic E-state index is 0.0732. The summed E-state index contributed by atoms with van der Waals surface area (Å²) < 4.78 is 17.1. The summed E-state index contributed by atoms with van der Waals surface area (Å²) in [6.45, 7) is 0.740. The summed E-state index contributed by atoms with van der Waals surface area (Å²) in [6, 6.07) is 10.1. The minimum Gasteiger partial charge on any atom is -0.456 e. The van der Waals surface area contributed by atoms with Crippen LogP contribution in [-0.2, 0) is 14.9 Å². The van der Waals surface area contributed by atoms with Gasteiger partial charge in [-0.3, -0.25) is 0 Å². The van der Waals surface area contributed by atoms with E-state index in [0.29, 0.717) is 34.5 Å². The van der Waals surface area contributed by atoms with Gasteiger partial charge in [0.15, 0.2) is 11.8 Å². The molecule has 31 heavy (non-hydrogen) atoms. The molecule has 0 amide bonds. The summed E-state index contributed by atoms with van der Waals surface area (Å²) in [5.41, 5.74) is 3.75. The third kappa shape index (κ3) is 3.21. The molecule has 0 unspecified atom stereocenters. The molecule has 8 nitrogen and oxygen atoms in total. The number of hydrogen-bond donors (Lipinski definition) is 3. The predicted molar refractivity (Wildman–Crippen MR) is 112 cm³/mol. The minimum atomic E-state index is -0.629. The Labute approximate surface area is 183 Å². The van der Waals surface area contributed by atoms with E-state index in [1.165, 1.54) is 0 Å². The molecule has 0 radical (unpaired) electrons. The Morgan fingerprint density at radius 3 is 2.65 bits per heavy atom. The number of nitrogens with zero attached hydrogens (tertiary/aromatic N) is 2. The lowest BCUT2D eigenvalue weighted by molar-refractivity contribution is 0.00706. The van der Waals surface area contributed by atoms with Gasteiger partial charge in [0, 0.05) is 11.0 Å². The van der Waals surface area contributed by atoms with Crippen LogP contribution in [0.15, 0.2) is 30.3 Å². The second-order valence-corrected chi connectivity index (χ2v) is 8.97. The van der Waals surface area contributed by atoms with Crippen molar-refractivity contribution in [3.8, 4) is 17.3 Å². The number of aliphatic hydroxyl groups excluding tert-OH is 2. The second kappa shape index (κ2) is 7.15. The number of nitrogens with one attached hydrogen (secondary N) is 1. The molecule has 9 heteroatoms. The van der Waals surface area contributed by atoms with E-state index >= 15 is 0 Å². The van der Waals surface area contributed by atoms with E-state index in [1.54, 1.807) is 6.07 Å². The molecule has 3 aromatic rings. The zero-order chi connectivity index (χ0) is 21.2. The maximum Gasteiger partial charge on any atom is 0.296 e. The lowest BCUT2D eigenvalue weighted by Crippen LogP contribution is -2.34. The molecule has 3 aliphatic rings. The number of fused-ring (bicyclic) bond motifs is 2. The Kier molecular flexibility index (Phi) is 4.49. The fourth-order valence-electron chi connectivity index (χ4n) is 4.51. The van der Waals surface area contributed by atoms with Crippen LogP contribution in [-0.4, -0.2) is 69.4 Å². The van der Waals surface area contributed by atoms with Gasteiger partial charge in [-0.2, -0.15) is 4.98 Å². The normalized spacial score (nSPS) is 28.7. The Bertz CT molecular complexity index is 1130. The smallest absolute Gasteiger partial charge is 0.296 e. The molecule has 3 fully saturated rings. The van der Waals surface area contributed by atoms with Crippen LogP contribution in [0.25, 0.3) is 22.4 Å². The van der Waals surface area contributed by atoms with E-state index in [0.717, 1.165) is 24.0 Å². The standard InChI is InChI=1S/C22H22ClN3O5/c23-13-7-14-20(25-17(13)11-1-3-12(4-2-11)22(10-27)5-6-22)26-21(24-14)31-16-9-30-18-15(28)8-29-19(16)18/h1-4,7,15-16,18-19,27-28H,5-6,8-10H2,(H,24,25,26)/t15-,16-,18-,19-/m1/s1. The van der Waals surface area contributed by atoms with Crippen molar-refractivity contribution in [3.63, 3.8) is 0 Å². The van der Waals surface area contributed by atoms with Crippen molar-refractivity contribution in [2.45, 2.75) is 42.7 Å². The highest BCUT2D eigenvalue weighted by Crippen LogP contribution is 2.48. The molecule has 1 aromatic carbocycles. The summed E-state index contributed by atoms with van der Waals surface area (Å²) in [4.78, 5) is 12.2. The molecule has 1 saturated carbocycles. The molecule has 6 rings (SSSR count). The molecule has 3 N–H and O–H groups in total. The Hall–Kier alpha value is -2.23. The average molecular weight is 444 g/mol. The van der Waals surface area contributed by atoms with E-state index in [9.17, 15) is 10.2 Å². The third-order valence-electron chi connectivity index (χ3n) is 6.58. The van der Waals surface area contributed by atoms with Crippen molar-refractivity contribution in [3.05, 3.63) is 40.9 Å².